The quantitative estimate of drug-likeness (QED) is 0.677. The van der Waals surface area contributed by atoms with E-state index >= 15 is 0 Å². The molecule has 4 heteroatoms. The Morgan fingerprint density at radius 1 is 1.64 bits per heavy atom. The third kappa shape index (κ3) is 3.15. The van der Waals surface area contributed by atoms with Gasteiger partial charge in [0.25, 0.3) is 0 Å². The molecule has 0 bridgehead atoms. The molecule has 0 atom stereocenters. The zero-order valence-corrected chi connectivity index (χ0v) is 8.88. The average Bonchev–Trinajstić information content (AvgIpc) is 2.52. The number of likely N-dealkylation sites (N-methyl/N-ethyl adjacent to an activating group) is 1. The molecular weight excluding hydrogens is 194 g/mol. The van der Waals surface area contributed by atoms with Gasteiger partial charge in [0, 0.05) is 4.91 Å². The van der Waals surface area contributed by atoms with Crippen LogP contribution in [0, 0.1) is 0 Å². The summed E-state index contributed by atoms with van der Waals surface area (Å²) in [6.45, 7) is 1.02. The van der Waals surface area contributed by atoms with Crippen molar-refractivity contribution in [2.45, 2.75) is 4.58 Å². The highest BCUT2D eigenvalue weighted by molar-refractivity contribution is 8.23. The number of thioether (sulfide) groups is 2. The van der Waals surface area contributed by atoms with Gasteiger partial charge in [-0.1, -0.05) is 0 Å². The molecule has 0 radical (unpaired) electrons. The van der Waals surface area contributed by atoms with E-state index in [-0.39, 0.29) is 0 Å². The first-order chi connectivity index (χ1) is 5.34. The molecule has 0 saturated carbocycles. The summed E-state index contributed by atoms with van der Waals surface area (Å²) < 4.78 is 0.512. The molecule has 2 N–H and O–H groups in total. The fraction of sp³-hybridized carbons (Fsp3) is 0.429. The van der Waals surface area contributed by atoms with Gasteiger partial charge < -0.3 is 5.32 Å². The molecule has 0 unspecified atom stereocenters. The minimum absolute atomic E-state index is 0.512. The molecule has 0 spiro atoms. The molecule has 0 aliphatic carbocycles. The molecule has 1 rings (SSSR count). The Balaban J connectivity index is 2.34. The molecule has 0 saturated heterocycles. The van der Waals surface area contributed by atoms with E-state index in [1.54, 1.807) is 0 Å². The van der Waals surface area contributed by atoms with Gasteiger partial charge in [-0.05, 0) is 16.9 Å². The molecular formula is C7H12NS3+. The largest absolute Gasteiger partial charge is 0.345 e. The molecule has 1 aliphatic heterocycles. The van der Waals surface area contributed by atoms with E-state index in [0.717, 1.165) is 6.54 Å². The number of nitrogens with two attached hydrogens (primary N) is 1. The van der Waals surface area contributed by atoms with Crippen molar-refractivity contribution < 1.29 is 5.32 Å². The maximum atomic E-state index is 4.42. The molecule has 0 fully saturated rings. The van der Waals surface area contributed by atoms with Crippen molar-refractivity contribution in [1.29, 1.82) is 0 Å². The van der Waals surface area contributed by atoms with Crippen molar-refractivity contribution in [2.24, 2.45) is 0 Å². The number of hydrogen-bond donors (Lipinski definition) is 2. The van der Waals surface area contributed by atoms with Gasteiger partial charge in [0.05, 0.1) is 18.2 Å². The first-order valence-electron chi connectivity index (χ1n) is 3.47. The normalized spacial score (nSPS) is 19.6. The van der Waals surface area contributed by atoms with Crippen LogP contribution in [0.15, 0.2) is 21.8 Å². The summed E-state index contributed by atoms with van der Waals surface area (Å²) in [5.41, 5.74) is 0. The molecule has 1 nitrogen and oxygen atoms in total. The van der Waals surface area contributed by atoms with Crippen LogP contribution < -0.4 is 5.32 Å². The predicted octanol–water partition coefficient (Wildman–Crippen LogP) is 1.27. The van der Waals surface area contributed by atoms with Crippen molar-refractivity contribution >= 4 is 36.2 Å². The van der Waals surface area contributed by atoms with Crippen LogP contribution in [-0.2, 0) is 0 Å². The lowest BCUT2D eigenvalue weighted by molar-refractivity contribution is -0.617. The fourth-order valence-corrected chi connectivity index (χ4v) is 3.10. The van der Waals surface area contributed by atoms with Crippen molar-refractivity contribution in [3.63, 3.8) is 0 Å². The van der Waals surface area contributed by atoms with E-state index in [9.17, 15) is 0 Å². The van der Waals surface area contributed by atoms with E-state index in [4.69, 9.17) is 0 Å². The highest BCUT2D eigenvalue weighted by atomic mass is 32.2. The lowest BCUT2D eigenvalue weighted by atomic mass is 10.5. The Hall–Kier alpha value is 0.490. The Morgan fingerprint density at radius 3 is 2.82 bits per heavy atom. The second-order valence-electron chi connectivity index (χ2n) is 2.15. The van der Waals surface area contributed by atoms with Crippen molar-refractivity contribution in [3.8, 4) is 0 Å². The van der Waals surface area contributed by atoms with E-state index in [1.165, 1.54) is 4.91 Å². The first-order valence-corrected chi connectivity index (χ1v) is 5.80. The van der Waals surface area contributed by atoms with Crippen LogP contribution in [0.5, 0.6) is 0 Å². The summed E-state index contributed by atoms with van der Waals surface area (Å²) in [7, 11) is 2.06. The van der Waals surface area contributed by atoms with Crippen LogP contribution in [0.4, 0.5) is 0 Å². The Labute approximate surface area is 81.5 Å². The van der Waals surface area contributed by atoms with Crippen LogP contribution in [-0.4, -0.2) is 18.2 Å². The highest BCUT2D eigenvalue weighted by Gasteiger charge is 2.13. The van der Waals surface area contributed by atoms with Crippen molar-refractivity contribution in [2.75, 3.05) is 13.6 Å². The SMILES string of the molecule is C[NH2+]CC=C(S)C1SC=CS1. The second-order valence-corrected chi connectivity index (χ2v) is 5.00. The molecule has 0 aromatic rings. The maximum Gasteiger partial charge on any atom is 0.0951 e. The van der Waals surface area contributed by atoms with Crippen LogP contribution in [0.2, 0.25) is 0 Å². The van der Waals surface area contributed by atoms with Crippen molar-refractivity contribution in [3.05, 3.63) is 21.8 Å². The lowest BCUT2D eigenvalue weighted by Crippen LogP contribution is -2.79. The van der Waals surface area contributed by atoms with Gasteiger partial charge >= 0.3 is 0 Å². The van der Waals surface area contributed by atoms with Gasteiger partial charge in [0.2, 0.25) is 0 Å². The maximum absolute atomic E-state index is 4.42. The van der Waals surface area contributed by atoms with Gasteiger partial charge in [-0.15, -0.1) is 36.2 Å². The Morgan fingerprint density at radius 2 is 2.27 bits per heavy atom. The summed E-state index contributed by atoms with van der Waals surface area (Å²) in [6, 6.07) is 0. The van der Waals surface area contributed by atoms with Crippen molar-refractivity contribution in [1.82, 2.24) is 0 Å². The molecule has 1 heterocycles. The average molecular weight is 206 g/mol. The monoisotopic (exact) mass is 206 g/mol. The molecule has 0 aromatic heterocycles. The minimum Gasteiger partial charge on any atom is -0.345 e. The fourth-order valence-electron chi connectivity index (χ4n) is 0.713. The number of hydrogen-bond acceptors (Lipinski definition) is 3. The third-order valence-electron chi connectivity index (χ3n) is 1.26. The molecule has 0 amide bonds. The Kier molecular flexibility index (Phi) is 4.52. The molecule has 1 aliphatic rings. The van der Waals surface area contributed by atoms with Gasteiger partial charge in [-0.2, -0.15) is 0 Å². The number of thiol groups is 1. The summed E-state index contributed by atoms with van der Waals surface area (Å²) in [6.07, 6.45) is 2.17. The van der Waals surface area contributed by atoms with E-state index in [2.05, 4.69) is 41.9 Å². The summed E-state index contributed by atoms with van der Waals surface area (Å²) in [4.78, 5) is 1.18. The standard InChI is InChI=1S/C7H11NS3/c1-8-3-2-6(9)7-10-4-5-11-7/h2,4-5,7-9H,3H2,1H3/p+1. The number of quaternary nitrogens is 1. The summed E-state index contributed by atoms with van der Waals surface area (Å²) in [5, 5.41) is 6.37. The van der Waals surface area contributed by atoms with Gasteiger partial charge in [0.15, 0.2) is 0 Å². The summed E-state index contributed by atoms with van der Waals surface area (Å²) in [5.74, 6) is 0. The minimum atomic E-state index is 0.512. The van der Waals surface area contributed by atoms with Gasteiger partial charge in [-0.3, -0.25) is 0 Å². The molecule has 11 heavy (non-hydrogen) atoms. The van der Waals surface area contributed by atoms with Gasteiger partial charge in [0.1, 0.15) is 0 Å². The second kappa shape index (κ2) is 5.19. The summed E-state index contributed by atoms with van der Waals surface area (Å²) >= 11 is 8.07. The zero-order chi connectivity index (χ0) is 8.10. The van der Waals surface area contributed by atoms with Crippen LogP contribution in [0.3, 0.4) is 0 Å². The number of rotatable bonds is 3. The van der Waals surface area contributed by atoms with Crippen LogP contribution in [0.1, 0.15) is 0 Å². The zero-order valence-electron chi connectivity index (χ0n) is 6.36. The third-order valence-corrected chi connectivity index (χ3v) is 4.48. The van der Waals surface area contributed by atoms with Gasteiger partial charge in [-0.25, -0.2) is 0 Å². The first kappa shape index (κ1) is 9.58. The topological polar surface area (TPSA) is 16.6 Å². The highest BCUT2D eigenvalue weighted by Crippen LogP contribution is 2.39. The lowest BCUT2D eigenvalue weighted by Gasteiger charge is -2.05. The smallest absolute Gasteiger partial charge is 0.0951 e. The molecule has 0 aromatic carbocycles. The van der Waals surface area contributed by atoms with Crippen LogP contribution in [0.25, 0.3) is 0 Å². The van der Waals surface area contributed by atoms with E-state index < -0.39 is 0 Å². The predicted molar refractivity (Wildman–Crippen MR) is 57.9 cm³/mol. The van der Waals surface area contributed by atoms with E-state index in [0.29, 0.717) is 4.58 Å². The van der Waals surface area contributed by atoms with E-state index in [1.807, 2.05) is 23.5 Å². The Bertz CT molecular complexity index is 169. The molecule has 62 valence electrons. The van der Waals surface area contributed by atoms with Crippen LogP contribution >= 0.6 is 36.2 Å².